The van der Waals surface area contributed by atoms with Gasteiger partial charge in [0.05, 0.1) is 6.26 Å². The van der Waals surface area contributed by atoms with Crippen molar-refractivity contribution in [3.05, 3.63) is 12.3 Å². The lowest BCUT2D eigenvalue weighted by Crippen LogP contribution is -2.36. The Kier molecular flexibility index (Phi) is 2.89. The number of ether oxygens (including phenoxy) is 1. The standard InChI is InChI=1S/C11H19NO/c1-9(10-5-6-10)12-8-11-4-2-3-7-13-11/h3,7,9-12H,2,4-6,8H2,1H3. The molecule has 2 unspecified atom stereocenters. The maximum absolute atomic E-state index is 5.49. The molecule has 1 aliphatic heterocycles. The maximum atomic E-state index is 5.49. The Labute approximate surface area is 80.4 Å². The van der Waals surface area contributed by atoms with Crippen molar-refractivity contribution in [1.29, 1.82) is 0 Å². The SMILES string of the molecule is CC(NCC1CCC=CO1)C1CC1. The molecule has 74 valence electrons. The normalized spacial score (nSPS) is 29.8. The number of hydrogen-bond acceptors (Lipinski definition) is 2. The van der Waals surface area contributed by atoms with Gasteiger partial charge >= 0.3 is 0 Å². The van der Waals surface area contributed by atoms with Gasteiger partial charge < -0.3 is 10.1 Å². The Morgan fingerprint density at radius 1 is 1.46 bits per heavy atom. The lowest BCUT2D eigenvalue weighted by atomic mass is 10.1. The highest BCUT2D eigenvalue weighted by Gasteiger charge is 2.28. The van der Waals surface area contributed by atoms with Crippen molar-refractivity contribution < 1.29 is 4.74 Å². The van der Waals surface area contributed by atoms with Crippen LogP contribution in [0.1, 0.15) is 32.6 Å². The molecule has 2 heteroatoms. The van der Waals surface area contributed by atoms with Gasteiger partial charge in [0.25, 0.3) is 0 Å². The quantitative estimate of drug-likeness (QED) is 0.717. The molecule has 2 nitrogen and oxygen atoms in total. The summed E-state index contributed by atoms with van der Waals surface area (Å²) in [4.78, 5) is 0. The van der Waals surface area contributed by atoms with Gasteiger partial charge in [-0.3, -0.25) is 0 Å². The molecule has 0 spiro atoms. The topological polar surface area (TPSA) is 21.3 Å². The van der Waals surface area contributed by atoms with E-state index in [0.29, 0.717) is 12.1 Å². The molecule has 0 aromatic rings. The molecule has 13 heavy (non-hydrogen) atoms. The lowest BCUT2D eigenvalue weighted by Gasteiger charge is -2.22. The number of allylic oxidation sites excluding steroid dienone is 1. The fourth-order valence-electron chi connectivity index (χ4n) is 1.82. The van der Waals surface area contributed by atoms with Crippen LogP contribution in [0, 0.1) is 5.92 Å². The predicted molar refractivity (Wildman–Crippen MR) is 53.4 cm³/mol. The average Bonchev–Trinajstić information content (AvgIpc) is 2.99. The first-order valence-corrected chi connectivity index (χ1v) is 5.40. The molecule has 0 aromatic carbocycles. The molecule has 2 rings (SSSR count). The summed E-state index contributed by atoms with van der Waals surface area (Å²) >= 11 is 0. The smallest absolute Gasteiger partial charge is 0.110 e. The second kappa shape index (κ2) is 4.14. The number of hydrogen-bond donors (Lipinski definition) is 1. The van der Waals surface area contributed by atoms with E-state index in [2.05, 4.69) is 18.3 Å². The predicted octanol–water partition coefficient (Wildman–Crippen LogP) is 2.07. The Morgan fingerprint density at radius 2 is 2.31 bits per heavy atom. The third-order valence-electron chi connectivity index (χ3n) is 3.02. The minimum absolute atomic E-state index is 0.409. The molecule has 1 aliphatic carbocycles. The molecule has 1 heterocycles. The number of rotatable bonds is 4. The minimum Gasteiger partial charge on any atom is -0.497 e. The Balaban J connectivity index is 1.63. The fraction of sp³-hybridized carbons (Fsp3) is 0.818. The van der Waals surface area contributed by atoms with Gasteiger partial charge in [0, 0.05) is 12.6 Å². The molecule has 0 amide bonds. The molecule has 0 saturated heterocycles. The highest BCUT2D eigenvalue weighted by Crippen LogP contribution is 2.32. The highest BCUT2D eigenvalue weighted by molar-refractivity contribution is 4.86. The van der Waals surface area contributed by atoms with E-state index in [1.54, 1.807) is 0 Å². The van der Waals surface area contributed by atoms with E-state index >= 15 is 0 Å². The van der Waals surface area contributed by atoms with Crippen LogP contribution >= 0.6 is 0 Å². The van der Waals surface area contributed by atoms with Crippen molar-refractivity contribution in [2.75, 3.05) is 6.54 Å². The average molecular weight is 181 g/mol. The summed E-state index contributed by atoms with van der Waals surface area (Å²) in [5.74, 6) is 0.944. The van der Waals surface area contributed by atoms with Crippen molar-refractivity contribution in [2.24, 2.45) is 5.92 Å². The first-order valence-electron chi connectivity index (χ1n) is 5.40. The molecule has 0 bridgehead atoms. The fourth-order valence-corrected chi connectivity index (χ4v) is 1.82. The summed E-state index contributed by atoms with van der Waals surface area (Å²) in [5.41, 5.74) is 0. The zero-order valence-corrected chi connectivity index (χ0v) is 8.33. The van der Waals surface area contributed by atoms with Gasteiger partial charge in [-0.2, -0.15) is 0 Å². The van der Waals surface area contributed by atoms with Gasteiger partial charge in [-0.15, -0.1) is 0 Å². The van der Waals surface area contributed by atoms with Gasteiger partial charge in [0.2, 0.25) is 0 Å². The molecule has 2 aliphatic rings. The van der Waals surface area contributed by atoms with Gasteiger partial charge in [0.15, 0.2) is 0 Å². The summed E-state index contributed by atoms with van der Waals surface area (Å²) in [6.45, 7) is 3.30. The molecule has 2 atom stereocenters. The van der Waals surface area contributed by atoms with E-state index in [4.69, 9.17) is 4.74 Å². The van der Waals surface area contributed by atoms with Crippen molar-refractivity contribution in [2.45, 2.75) is 44.8 Å². The summed E-state index contributed by atoms with van der Waals surface area (Å²) in [6.07, 6.45) is 9.52. The second-order valence-electron chi connectivity index (χ2n) is 4.24. The summed E-state index contributed by atoms with van der Waals surface area (Å²) in [7, 11) is 0. The monoisotopic (exact) mass is 181 g/mol. The van der Waals surface area contributed by atoms with E-state index in [1.807, 2.05) is 6.26 Å². The van der Waals surface area contributed by atoms with Gasteiger partial charge in [0.1, 0.15) is 6.10 Å². The first-order chi connectivity index (χ1) is 6.36. The first kappa shape index (κ1) is 9.07. The molecule has 0 aromatic heterocycles. The Bertz CT molecular complexity index is 187. The van der Waals surface area contributed by atoms with Crippen LogP contribution in [0.2, 0.25) is 0 Å². The van der Waals surface area contributed by atoms with Gasteiger partial charge in [-0.1, -0.05) is 0 Å². The minimum atomic E-state index is 0.409. The lowest BCUT2D eigenvalue weighted by molar-refractivity contribution is 0.119. The number of nitrogens with one attached hydrogen (secondary N) is 1. The van der Waals surface area contributed by atoms with Crippen LogP contribution < -0.4 is 5.32 Å². The van der Waals surface area contributed by atoms with Crippen LogP contribution in [-0.4, -0.2) is 18.7 Å². The highest BCUT2D eigenvalue weighted by atomic mass is 16.5. The molecular formula is C11H19NO. The van der Waals surface area contributed by atoms with E-state index in [-0.39, 0.29) is 0 Å². The van der Waals surface area contributed by atoms with Crippen LogP contribution in [0.25, 0.3) is 0 Å². The third-order valence-corrected chi connectivity index (χ3v) is 3.02. The van der Waals surface area contributed by atoms with Crippen LogP contribution in [0.3, 0.4) is 0 Å². The third kappa shape index (κ3) is 2.73. The summed E-state index contributed by atoms with van der Waals surface area (Å²) in [6, 6.07) is 0.689. The van der Waals surface area contributed by atoms with Crippen molar-refractivity contribution in [1.82, 2.24) is 5.32 Å². The zero-order valence-electron chi connectivity index (χ0n) is 8.33. The van der Waals surface area contributed by atoms with Crippen LogP contribution in [-0.2, 0) is 4.74 Å². The van der Waals surface area contributed by atoms with Crippen LogP contribution in [0.4, 0.5) is 0 Å². The van der Waals surface area contributed by atoms with Crippen LogP contribution in [0.5, 0.6) is 0 Å². The van der Waals surface area contributed by atoms with E-state index in [1.165, 1.54) is 25.7 Å². The van der Waals surface area contributed by atoms with E-state index in [9.17, 15) is 0 Å². The summed E-state index contributed by atoms with van der Waals surface area (Å²) < 4.78 is 5.49. The largest absolute Gasteiger partial charge is 0.497 e. The molecule has 0 radical (unpaired) electrons. The molecule has 1 saturated carbocycles. The maximum Gasteiger partial charge on any atom is 0.110 e. The Hall–Kier alpha value is -0.500. The van der Waals surface area contributed by atoms with E-state index < -0.39 is 0 Å². The van der Waals surface area contributed by atoms with Gasteiger partial charge in [-0.05, 0) is 44.6 Å². The van der Waals surface area contributed by atoms with Crippen molar-refractivity contribution >= 4 is 0 Å². The van der Waals surface area contributed by atoms with E-state index in [0.717, 1.165) is 12.5 Å². The van der Waals surface area contributed by atoms with Gasteiger partial charge in [-0.25, -0.2) is 0 Å². The zero-order chi connectivity index (χ0) is 9.10. The molecule has 1 fully saturated rings. The summed E-state index contributed by atoms with van der Waals surface area (Å²) in [5, 5.41) is 3.56. The second-order valence-corrected chi connectivity index (χ2v) is 4.24. The van der Waals surface area contributed by atoms with Crippen molar-refractivity contribution in [3.8, 4) is 0 Å². The molecular weight excluding hydrogens is 162 g/mol. The molecule has 1 N–H and O–H groups in total. The van der Waals surface area contributed by atoms with Crippen LogP contribution in [0.15, 0.2) is 12.3 Å². The van der Waals surface area contributed by atoms with Crippen molar-refractivity contribution in [3.63, 3.8) is 0 Å². The Morgan fingerprint density at radius 3 is 2.92 bits per heavy atom.